The predicted molar refractivity (Wildman–Crippen MR) is 126 cm³/mol. The third kappa shape index (κ3) is 5.61. The SMILES string of the molecule is CCOc1ccc(NS(=O)(=O)c2ccc(/C=C\c3onc(C)c3NC(=O)C3CC3)cc2)cc1. The van der Waals surface area contributed by atoms with Crippen LogP contribution in [0.4, 0.5) is 11.4 Å². The van der Waals surface area contributed by atoms with Gasteiger partial charge in [0.1, 0.15) is 17.1 Å². The Labute approximate surface area is 192 Å². The molecule has 172 valence electrons. The number of nitrogens with one attached hydrogen (secondary N) is 2. The van der Waals surface area contributed by atoms with E-state index in [4.69, 9.17) is 9.26 Å². The molecule has 3 aromatic rings. The van der Waals surface area contributed by atoms with Crippen LogP contribution in [0.25, 0.3) is 12.2 Å². The molecule has 33 heavy (non-hydrogen) atoms. The Hall–Kier alpha value is -3.59. The summed E-state index contributed by atoms with van der Waals surface area (Å²) in [5.74, 6) is 1.16. The van der Waals surface area contributed by atoms with Gasteiger partial charge in [-0.15, -0.1) is 0 Å². The Morgan fingerprint density at radius 2 is 1.82 bits per heavy atom. The van der Waals surface area contributed by atoms with Crippen LogP contribution in [-0.2, 0) is 14.8 Å². The second-order valence-electron chi connectivity index (χ2n) is 7.74. The van der Waals surface area contributed by atoms with Gasteiger partial charge in [0.25, 0.3) is 10.0 Å². The number of aromatic nitrogens is 1. The van der Waals surface area contributed by atoms with E-state index in [-0.39, 0.29) is 16.7 Å². The van der Waals surface area contributed by atoms with Crippen LogP contribution in [0.3, 0.4) is 0 Å². The summed E-state index contributed by atoms with van der Waals surface area (Å²) in [7, 11) is -3.73. The number of benzene rings is 2. The van der Waals surface area contributed by atoms with Gasteiger partial charge in [-0.1, -0.05) is 23.4 Å². The van der Waals surface area contributed by atoms with E-state index in [0.29, 0.717) is 35.2 Å². The van der Waals surface area contributed by atoms with E-state index in [9.17, 15) is 13.2 Å². The van der Waals surface area contributed by atoms with Gasteiger partial charge in [-0.05, 0) is 74.7 Å². The zero-order valence-corrected chi connectivity index (χ0v) is 19.2. The molecular formula is C24H25N3O5S. The third-order valence-electron chi connectivity index (χ3n) is 5.12. The number of sulfonamides is 1. The van der Waals surface area contributed by atoms with Crippen LogP contribution < -0.4 is 14.8 Å². The zero-order valence-electron chi connectivity index (χ0n) is 18.4. The van der Waals surface area contributed by atoms with Crippen LogP contribution in [0.5, 0.6) is 5.75 Å². The Kier molecular flexibility index (Phi) is 6.50. The van der Waals surface area contributed by atoms with E-state index in [1.54, 1.807) is 55.5 Å². The summed E-state index contributed by atoms with van der Waals surface area (Å²) in [6.07, 6.45) is 5.28. The van der Waals surface area contributed by atoms with E-state index in [1.165, 1.54) is 12.1 Å². The largest absolute Gasteiger partial charge is 0.494 e. The minimum Gasteiger partial charge on any atom is -0.494 e. The molecule has 1 aliphatic carbocycles. The highest BCUT2D eigenvalue weighted by Crippen LogP contribution is 2.32. The number of hydrogen-bond donors (Lipinski definition) is 2. The normalized spacial score (nSPS) is 13.8. The lowest BCUT2D eigenvalue weighted by Crippen LogP contribution is -2.14. The molecule has 0 spiro atoms. The summed E-state index contributed by atoms with van der Waals surface area (Å²) >= 11 is 0. The fourth-order valence-corrected chi connectivity index (χ4v) is 4.21. The summed E-state index contributed by atoms with van der Waals surface area (Å²) in [5.41, 5.74) is 2.37. The number of amides is 1. The van der Waals surface area contributed by atoms with Gasteiger partial charge in [0.2, 0.25) is 5.91 Å². The molecule has 2 aromatic carbocycles. The molecule has 0 aliphatic heterocycles. The van der Waals surface area contributed by atoms with E-state index in [1.807, 2.05) is 6.92 Å². The minimum absolute atomic E-state index is 0.0226. The van der Waals surface area contributed by atoms with Crippen LogP contribution in [0.15, 0.2) is 57.9 Å². The third-order valence-corrected chi connectivity index (χ3v) is 6.52. The Morgan fingerprint density at radius 1 is 1.12 bits per heavy atom. The second-order valence-corrected chi connectivity index (χ2v) is 9.42. The predicted octanol–water partition coefficient (Wildman–Crippen LogP) is 4.70. The number of ether oxygens (including phenoxy) is 1. The first kappa shape index (κ1) is 22.6. The lowest BCUT2D eigenvalue weighted by molar-refractivity contribution is -0.117. The molecule has 1 fully saturated rings. The van der Waals surface area contributed by atoms with Gasteiger partial charge in [-0.3, -0.25) is 9.52 Å². The van der Waals surface area contributed by atoms with Crippen molar-refractivity contribution >= 4 is 39.5 Å². The molecule has 0 bridgehead atoms. The highest BCUT2D eigenvalue weighted by molar-refractivity contribution is 7.92. The molecule has 9 heteroatoms. The van der Waals surface area contributed by atoms with Crippen molar-refractivity contribution in [3.63, 3.8) is 0 Å². The molecule has 0 atom stereocenters. The van der Waals surface area contributed by atoms with Gasteiger partial charge < -0.3 is 14.6 Å². The zero-order chi connectivity index (χ0) is 23.4. The van der Waals surface area contributed by atoms with E-state index < -0.39 is 10.0 Å². The molecule has 2 N–H and O–H groups in total. The Morgan fingerprint density at radius 3 is 2.45 bits per heavy atom. The average Bonchev–Trinajstić information content (AvgIpc) is 3.60. The first-order valence-electron chi connectivity index (χ1n) is 10.7. The number of aryl methyl sites for hydroxylation is 1. The van der Waals surface area contributed by atoms with Crippen molar-refractivity contribution < 1.29 is 22.5 Å². The minimum atomic E-state index is -3.73. The van der Waals surface area contributed by atoms with Gasteiger partial charge in [0.15, 0.2) is 5.76 Å². The Bertz CT molecular complexity index is 1260. The van der Waals surface area contributed by atoms with E-state index in [0.717, 1.165) is 18.4 Å². The first-order valence-corrected chi connectivity index (χ1v) is 12.1. The fourth-order valence-electron chi connectivity index (χ4n) is 3.15. The van der Waals surface area contributed by atoms with Gasteiger partial charge >= 0.3 is 0 Å². The number of carbonyl (C=O) groups excluding carboxylic acids is 1. The molecule has 0 unspecified atom stereocenters. The van der Waals surface area contributed by atoms with Crippen molar-refractivity contribution in [2.45, 2.75) is 31.6 Å². The monoisotopic (exact) mass is 467 g/mol. The van der Waals surface area contributed by atoms with Crippen molar-refractivity contribution in [3.8, 4) is 5.75 Å². The number of anilines is 2. The van der Waals surface area contributed by atoms with Gasteiger partial charge in [-0.25, -0.2) is 8.42 Å². The smallest absolute Gasteiger partial charge is 0.261 e. The van der Waals surface area contributed by atoms with Crippen molar-refractivity contribution in [1.29, 1.82) is 0 Å². The van der Waals surface area contributed by atoms with Gasteiger partial charge in [0, 0.05) is 11.6 Å². The molecule has 4 rings (SSSR count). The lowest BCUT2D eigenvalue weighted by Gasteiger charge is -2.09. The van der Waals surface area contributed by atoms with Crippen molar-refractivity contribution in [3.05, 3.63) is 65.5 Å². The van der Waals surface area contributed by atoms with E-state index in [2.05, 4.69) is 15.2 Å². The molecule has 0 saturated heterocycles. The van der Waals surface area contributed by atoms with Crippen LogP contribution in [0.2, 0.25) is 0 Å². The number of nitrogens with zero attached hydrogens (tertiary/aromatic N) is 1. The highest BCUT2D eigenvalue weighted by atomic mass is 32.2. The van der Waals surface area contributed by atoms with Crippen LogP contribution >= 0.6 is 0 Å². The molecule has 1 saturated carbocycles. The maximum atomic E-state index is 12.7. The average molecular weight is 468 g/mol. The summed E-state index contributed by atoms with van der Waals surface area (Å²) in [4.78, 5) is 12.2. The van der Waals surface area contributed by atoms with Crippen molar-refractivity contribution in [1.82, 2.24) is 5.16 Å². The molecule has 1 aromatic heterocycles. The first-order chi connectivity index (χ1) is 15.9. The summed E-state index contributed by atoms with van der Waals surface area (Å²) in [6, 6.07) is 13.2. The maximum absolute atomic E-state index is 12.7. The van der Waals surface area contributed by atoms with Crippen molar-refractivity contribution in [2.75, 3.05) is 16.6 Å². The van der Waals surface area contributed by atoms with Crippen molar-refractivity contribution in [2.24, 2.45) is 5.92 Å². The lowest BCUT2D eigenvalue weighted by atomic mass is 10.2. The van der Waals surface area contributed by atoms with Crippen LogP contribution in [0, 0.1) is 12.8 Å². The summed E-state index contributed by atoms with van der Waals surface area (Å²) in [5, 5.41) is 6.80. The second kappa shape index (κ2) is 9.50. The molecular weight excluding hydrogens is 442 g/mol. The maximum Gasteiger partial charge on any atom is 0.261 e. The molecule has 8 nitrogen and oxygen atoms in total. The summed E-state index contributed by atoms with van der Waals surface area (Å²) < 4.78 is 38.6. The number of rotatable bonds is 9. The standard InChI is InChI=1S/C24H25N3O5S/c1-3-31-20-11-9-19(10-12-20)27-33(29,30)21-13-4-17(5-14-21)6-15-22-23(16(2)26-32-22)25-24(28)18-7-8-18/h4-6,9-15,18,27H,3,7-8H2,1-2H3,(H,25,28)/b15-6-. The number of carbonyl (C=O) groups is 1. The molecule has 1 amide bonds. The van der Waals surface area contributed by atoms with Crippen LogP contribution in [0.1, 0.15) is 36.8 Å². The van der Waals surface area contributed by atoms with Gasteiger partial charge in [0.05, 0.1) is 11.5 Å². The van der Waals surface area contributed by atoms with E-state index >= 15 is 0 Å². The molecule has 0 radical (unpaired) electrons. The highest BCUT2D eigenvalue weighted by Gasteiger charge is 2.30. The molecule has 1 aliphatic rings. The number of hydrogen-bond acceptors (Lipinski definition) is 6. The van der Waals surface area contributed by atoms with Crippen LogP contribution in [-0.4, -0.2) is 26.1 Å². The quantitative estimate of drug-likeness (QED) is 0.472. The Balaban J connectivity index is 1.44. The topological polar surface area (TPSA) is 111 Å². The molecule has 1 heterocycles. The fraction of sp³-hybridized carbons (Fsp3) is 0.250. The summed E-state index contributed by atoms with van der Waals surface area (Å²) in [6.45, 7) is 4.19. The van der Waals surface area contributed by atoms with Gasteiger partial charge in [-0.2, -0.15) is 0 Å².